The Bertz CT molecular complexity index is 1340. The topological polar surface area (TPSA) is 103 Å². The molecule has 0 amide bonds. The number of sulfone groups is 1. The van der Waals surface area contributed by atoms with Gasteiger partial charge in [0.05, 0.1) is 22.3 Å². The standard InChI is InChI=1S/C18H15F2N5O2S2/c1-18(19,20)13-7-11(8-22-15(13)21)14-9-23-17-25(14)24-16(28-17)10-4-3-5-12(6-10)29(2,26)27/h3-9H,1-2H3,(H2,21,22). The first kappa shape index (κ1) is 19.4. The first-order chi connectivity index (χ1) is 13.5. The third-order valence-electron chi connectivity index (χ3n) is 4.28. The zero-order valence-electron chi connectivity index (χ0n) is 15.3. The molecular formula is C18H15F2N5O2S2. The van der Waals surface area contributed by atoms with E-state index in [1.807, 2.05) is 0 Å². The Balaban J connectivity index is 1.82. The van der Waals surface area contributed by atoms with Crippen LogP contribution in [0.5, 0.6) is 0 Å². The zero-order chi connectivity index (χ0) is 21.0. The quantitative estimate of drug-likeness (QED) is 0.525. The first-order valence-corrected chi connectivity index (χ1v) is 11.0. The highest BCUT2D eigenvalue weighted by Gasteiger charge is 2.28. The maximum absolute atomic E-state index is 13.8. The molecule has 0 aliphatic rings. The largest absolute Gasteiger partial charge is 0.383 e. The van der Waals surface area contributed by atoms with Gasteiger partial charge in [0, 0.05) is 30.5 Å². The lowest BCUT2D eigenvalue weighted by Gasteiger charge is -2.13. The van der Waals surface area contributed by atoms with Gasteiger partial charge in [-0.15, -0.1) is 0 Å². The van der Waals surface area contributed by atoms with Gasteiger partial charge in [-0.1, -0.05) is 23.5 Å². The van der Waals surface area contributed by atoms with Gasteiger partial charge in [0.25, 0.3) is 5.92 Å². The molecule has 4 rings (SSSR count). The molecule has 0 unspecified atom stereocenters. The van der Waals surface area contributed by atoms with Crippen molar-refractivity contribution in [3.8, 4) is 21.8 Å². The molecule has 0 fully saturated rings. The summed E-state index contributed by atoms with van der Waals surface area (Å²) in [6.07, 6.45) is 4.03. The minimum absolute atomic E-state index is 0.181. The molecule has 0 atom stereocenters. The van der Waals surface area contributed by atoms with Crippen LogP contribution in [0.3, 0.4) is 0 Å². The van der Waals surface area contributed by atoms with Crippen LogP contribution in [0.1, 0.15) is 12.5 Å². The minimum Gasteiger partial charge on any atom is -0.383 e. The van der Waals surface area contributed by atoms with Crippen molar-refractivity contribution in [3.63, 3.8) is 0 Å². The number of pyridine rings is 1. The van der Waals surface area contributed by atoms with Crippen LogP contribution in [0, 0.1) is 0 Å². The highest BCUT2D eigenvalue weighted by atomic mass is 32.2. The van der Waals surface area contributed by atoms with Crippen LogP contribution >= 0.6 is 11.3 Å². The molecule has 3 heterocycles. The number of halogens is 2. The predicted molar refractivity (Wildman–Crippen MR) is 107 cm³/mol. The third-order valence-corrected chi connectivity index (χ3v) is 6.36. The average molecular weight is 435 g/mol. The molecule has 29 heavy (non-hydrogen) atoms. The van der Waals surface area contributed by atoms with E-state index >= 15 is 0 Å². The van der Waals surface area contributed by atoms with E-state index in [1.165, 1.54) is 46.4 Å². The number of rotatable bonds is 4. The molecule has 11 heteroatoms. The Labute approximate surface area is 168 Å². The maximum atomic E-state index is 13.8. The molecule has 150 valence electrons. The molecule has 7 nitrogen and oxygen atoms in total. The van der Waals surface area contributed by atoms with E-state index in [0.717, 1.165) is 13.2 Å². The summed E-state index contributed by atoms with van der Waals surface area (Å²) in [6.45, 7) is 0.756. The Morgan fingerprint density at radius 2 is 1.90 bits per heavy atom. The van der Waals surface area contributed by atoms with Crippen molar-refractivity contribution < 1.29 is 17.2 Å². The van der Waals surface area contributed by atoms with Crippen LogP contribution < -0.4 is 5.73 Å². The summed E-state index contributed by atoms with van der Waals surface area (Å²) in [4.78, 5) is 8.87. The molecule has 0 spiro atoms. The highest BCUT2D eigenvalue weighted by molar-refractivity contribution is 7.90. The van der Waals surface area contributed by atoms with E-state index in [0.29, 0.717) is 26.8 Å². The average Bonchev–Trinajstić information content (AvgIpc) is 3.21. The van der Waals surface area contributed by atoms with Crippen molar-refractivity contribution in [2.45, 2.75) is 17.7 Å². The van der Waals surface area contributed by atoms with Gasteiger partial charge in [0.1, 0.15) is 10.8 Å². The van der Waals surface area contributed by atoms with Gasteiger partial charge in [0.2, 0.25) is 4.96 Å². The zero-order valence-corrected chi connectivity index (χ0v) is 16.9. The van der Waals surface area contributed by atoms with E-state index in [1.54, 1.807) is 12.1 Å². The number of nitrogens with zero attached hydrogens (tertiary/aromatic N) is 4. The second kappa shape index (κ2) is 6.56. The second-order valence-electron chi connectivity index (χ2n) is 6.59. The Kier molecular flexibility index (Phi) is 4.39. The van der Waals surface area contributed by atoms with Crippen LogP contribution in [0.15, 0.2) is 47.6 Å². The Morgan fingerprint density at radius 3 is 2.59 bits per heavy atom. The number of nitrogen functional groups attached to an aromatic ring is 1. The van der Waals surface area contributed by atoms with Crippen LogP contribution in [-0.2, 0) is 15.8 Å². The predicted octanol–water partition coefficient (Wildman–Crippen LogP) is 3.62. The van der Waals surface area contributed by atoms with Crippen LogP contribution in [-0.4, -0.2) is 34.3 Å². The lowest BCUT2D eigenvalue weighted by Crippen LogP contribution is -2.12. The number of hydrogen-bond donors (Lipinski definition) is 1. The molecular weight excluding hydrogens is 420 g/mol. The summed E-state index contributed by atoms with van der Waals surface area (Å²) in [5.74, 6) is -3.38. The van der Waals surface area contributed by atoms with E-state index in [2.05, 4.69) is 15.1 Å². The first-order valence-electron chi connectivity index (χ1n) is 8.33. The van der Waals surface area contributed by atoms with Crippen molar-refractivity contribution in [3.05, 3.63) is 48.3 Å². The van der Waals surface area contributed by atoms with Gasteiger partial charge in [0.15, 0.2) is 9.84 Å². The van der Waals surface area contributed by atoms with Crippen molar-refractivity contribution in [2.24, 2.45) is 0 Å². The monoisotopic (exact) mass is 435 g/mol. The number of benzene rings is 1. The molecule has 0 saturated carbocycles. The van der Waals surface area contributed by atoms with Crippen molar-refractivity contribution in [1.29, 1.82) is 0 Å². The normalized spacial score (nSPS) is 12.6. The van der Waals surface area contributed by atoms with Crippen LogP contribution in [0.2, 0.25) is 0 Å². The van der Waals surface area contributed by atoms with Crippen molar-refractivity contribution in [2.75, 3.05) is 12.0 Å². The number of anilines is 1. The lowest BCUT2D eigenvalue weighted by molar-refractivity contribution is 0.0180. The molecule has 1 aromatic carbocycles. The van der Waals surface area contributed by atoms with Gasteiger partial charge < -0.3 is 5.73 Å². The molecule has 2 N–H and O–H groups in total. The lowest BCUT2D eigenvalue weighted by atomic mass is 10.1. The fraction of sp³-hybridized carbons (Fsp3) is 0.167. The SMILES string of the molecule is CC(F)(F)c1cc(-c2cnc3sc(-c4cccc(S(C)(=O)=O)c4)nn23)cnc1N. The number of alkyl halides is 2. The van der Waals surface area contributed by atoms with Gasteiger partial charge in [-0.05, 0) is 18.2 Å². The van der Waals surface area contributed by atoms with Gasteiger partial charge in [-0.25, -0.2) is 31.7 Å². The number of imidazole rings is 1. The van der Waals surface area contributed by atoms with E-state index in [-0.39, 0.29) is 16.3 Å². The number of hydrogen-bond acceptors (Lipinski definition) is 7. The Morgan fingerprint density at radius 1 is 1.14 bits per heavy atom. The molecule has 0 aliphatic carbocycles. The van der Waals surface area contributed by atoms with E-state index in [4.69, 9.17) is 5.73 Å². The van der Waals surface area contributed by atoms with E-state index < -0.39 is 15.8 Å². The molecule has 3 aromatic heterocycles. The van der Waals surface area contributed by atoms with Crippen molar-refractivity contribution >= 4 is 32.0 Å². The molecule has 0 saturated heterocycles. The molecule has 0 aliphatic heterocycles. The third kappa shape index (κ3) is 3.58. The summed E-state index contributed by atoms with van der Waals surface area (Å²) >= 11 is 1.25. The summed E-state index contributed by atoms with van der Waals surface area (Å²) < 4.78 is 52.7. The maximum Gasteiger partial charge on any atom is 0.274 e. The van der Waals surface area contributed by atoms with Gasteiger partial charge in [-0.2, -0.15) is 5.10 Å². The molecule has 0 bridgehead atoms. The fourth-order valence-corrected chi connectivity index (χ4v) is 4.37. The smallest absolute Gasteiger partial charge is 0.274 e. The fourth-order valence-electron chi connectivity index (χ4n) is 2.83. The summed E-state index contributed by atoms with van der Waals surface area (Å²) in [5.41, 5.74) is 6.70. The van der Waals surface area contributed by atoms with Crippen molar-refractivity contribution in [1.82, 2.24) is 19.6 Å². The van der Waals surface area contributed by atoms with Crippen LogP contribution in [0.25, 0.3) is 26.8 Å². The van der Waals surface area contributed by atoms with Gasteiger partial charge in [-0.3, -0.25) is 0 Å². The van der Waals surface area contributed by atoms with Crippen LogP contribution in [0.4, 0.5) is 14.6 Å². The van der Waals surface area contributed by atoms with Gasteiger partial charge >= 0.3 is 0 Å². The molecule has 0 radical (unpaired) electrons. The summed E-state index contributed by atoms with van der Waals surface area (Å²) in [7, 11) is -3.36. The molecule has 4 aromatic rings. The second-order valence-corrected chi connectivity index (χ2v) is 9.56. The summed E-state index contributed by atoms with van der Waals surface area (Å²) in [5, 5.41) is 5.03. The highest BCUT2D eigenvalue weighted by Crippen LogP contribution is 2.35. The number of nitrogens with two attached hydrogens (primary N) is 1. The number of aromatic nitrogens is 4. The number of fused-ring (bicyclic) bond motifs is 1. The minimum atomic E-state index is -3.36. The Hall–Kier alpha value is -2.92. The summed E-state index contributed by atoms with van der Waals surface area (Å²) in [6, 6.07) is 7.70. The van der Waals surface area contributed by atoms with E-state index in [9.17, 15) is 17.2 Å².